The van der Waals surface area contributed by atoms with Crippen molar-refractivity contribution in [3.8, 4) is 0 Å². The Balaban J connectivity index is 2.22. The number of hydrogen-bond acceptors (Lipinski definition) is 2. The van der Waals surface area contributed by atoms with Gasteiger partial charge in [0.25, 0.3) is 6.47 Å². The standard InChI is InChI=1S/C13H13NO2/c1-2-10-3-4-13-11(7-10)8-12(14-13)5-6-16-9-15/h2-4,7-9,14H,1,5-6H2. The molecular formula is C13H13NO2. The zero-order chi connectivity index (χ0) is 11.4. The molecule has 1 heterocycles. The lowest BCUT2D eigenvalue weighted by Crippen LogP contribution is -1.96. The Labute approximate surface area is 93.7 Å². The van der Waals surface area contributed by atoms with Crippen molar-refractivity contribution in [2.45, 2.75) is 6.42 Å². The fraction of sp³-hybridized carbons (Fsp3) is 0.154. The van der Waals surface area contributed by atoms with E-state index in [1.54, 1.807) is 0 Å². The van der Waals surface area contributed by atoms with E-state index in [1.165, 1.54) is 0 Å². The topological polar surface area (TPSA) is 42.1 Å². The summed E-state index contributed by atoms with van der Waals surface area (Å²) in [6, 6.07) is 8.17. The number of carbonyl (C=O) groups excluding carboxylic acids is 1. The molecule has 0 saturated heterocycles. The number of fused-ring (bicyclic) bond motifs is 1. The first-order valence-corrected chi connectivity index (χ1v) is 5.13. The summed E-state index contributed by atoms with van der Waals surface area (Å²) < 4.78 is 4.66. The highest BCUT2D eigenvalue weighted by Gasteiger charge is 2.01. The van der Waals surface area contributed by atoms with Crippen molar-refractivity contribution in [2.75, 3.05) is 6.61 Å². The summed E-state index contributed by atoms with van der Waals surface area (Å²) in [6.07, 6.45) is 2.53. The Morgan fingerprint density at radius 1 is 1.38 bits per heavy atom. The molecule has 0 radical (unpaired) electrons. The molecule has 1 N–H and O–H groups in total. The quantitative estimate of drug-likeness (QED) is 0.615. The SMILES string of the molecule is C=Cc1ccc2[nH]c(CCOC=O)cc2c1. The van der Waals surface area contributed by atoms with E-state index in [0.717, 1.165) is 22.2 Å². The number of nitrogens with one attached hydrogen (secondary N) is 1. The zero-order valence-corrected chi connectivity index (χ0v) is 8.90. The van der Waals surface area contributed by atoms with Gasteiger partial charge in [0.1, 0.15) is 0 Å². The van der Waals surface area contributed by atoms with Gasteiger partial charge >= 0.3 is 0 Å². The molecule has 0 unspecified atom stereocenters. The fourth-order valence-corrected chi connectivity index (χ4v) is 1.69. The normalized spacial score (nSPS) is 10.2. The van der Waals surface area contributed by atoms with Crippen LogP contribution < -0.4 is 0 Å². The van der Waals surface area contributed by atoms with Gasteiger partial charge in [-0.05, 0) is 23.8 Å². The molecule has 2 rings (SSSR count). The Morgan fingerprint density at radius 2 is 2.25 bits per heavy atom. The average molecular weight is 215 g/mol. The minimum Gasteiger partial charge on any atom is -0.467 e. The first-order chi connectivity index (χ1) is 7.83. The molecule has 0 aliphatic heterocycles. The van der Waals surface area contributed by atoms with Crippen LogP contribution in [0.2, 0.25) is 0 Å². The molecule has 2 aromatic rings. The maximum Gasteiger partial charge on any atom is 0.293 e. The lowest BCUT2D eigenvalue weighted by Gasteiger charge is -1.94. The van der Waals surface area contributed by atoms with E-state index in [4.69, 9.17) is 0 Å². The molecule has 16 heavy (non-hydrogen) atoms. The molecule has 0 amide bonds. The fourth-order valence-electron chi connectivity index (χ4n) is 1.69. The first-order valence-electron chi connectivity index (χ1n) is 5.13. The van der Waals surface area contributed by atoms with Crippen LogP contribution in [-0.2, 0) is 16.0 Å². The van der Waals surface area contributed by atoms with E-state index >= 15 is 0 Å². The highest BCUT2D eigenvalue weighted by atomic mass is 16.5. The van der Waals surface area contributed by atoms with Gasteiger partial charge in [0.05, 0.1) is 6.61 Å². The van der Waals surface area contributed by atoms with E-state index in [-0.39, 0.29) is 0 Å². The van der Waals surface area contributed by atoms with Gasteiger partial charge in [-0.15, -0.1) is 0 Å². The summed E-state index contributed by atoms with van der Waals surface area (Å²) >= 11 is 0. The summed E-state index contributed by atoms with van der Waals surface area (Å²) in [4.78, 5) is 13.3. The van der Waals surface area contributed by atoms with Gasteiger partial charge in [0, 0.05) is 23.0 Å². The third kappa shape index (κ3) is 2.14. The van der Waals surface area contributed by atoms with Gasteiger partial charge in [-0.2, -0.15) is 0 Å². The molecular weight excluding hydrogens is 202 g/mol. The molecule has 1 aromatic carbocycles. The predicted molar refractivity (Wildman–Crippen MR) is 64.1 cm³/mol. The van der Waals surface area contributed by atoms with Crippen molar-refractivity contribution in [3.63, 3.8) is 0 Å². The van der Waals surface area contributed by atoms with Crippen LogP contribution in [0.1, 0.15) is 11.3 Å². The molecule has 3 heteroatoms. The number of aromatic nitrogens is 1. The van der Waals surface area contributed by atoms with Crippen LogP contribution in [0.4, 0.5) is 0 Å². The highest BCUT2D eigenvalue weighted by Crippen LogP contribution is 2.18. The maximum atomic E-state index is 10.0. The number of rotatable bonds is 5. The number of H-pyrrole nitrogens is 1. The zero-order valence-electron chi connectivity index (χ0n) is 8.90. The summed E-state index contributed by atoms with van der Waals surface area (Å²) in [5.41, 5.74) is 3.26. The largest absolute Gasteiger partial charge is 0.467 e. The monoisotopic (exact) mass is 215 g/mol. The molecule has 82 valence electrons. The molecule has 1 aromatic heterocycles. The van der Waals surface area contributed by atoms with Gasteiger partial charge < -0.3 is 9.72 Å². The Kier molecular flexibility index (Phi) is 3.05. The molecule has 0 spiro atoms. The van der Waals surface area contributed by atoms with E-state index in [0.29, 0.717) is 19.5 Å². The smallest absolute Gasteiger partial charge is 0.293 e. The van der Waals surface area contributed by atoms with Gasteiger partial charge in [0.15, 0.2) is 0 Å². The van der Waals surface area contributed by atoms with Crippen LogP contribution >= 0.6 is 0 Å². The molecule has 0 aliphatic rings. The van der Waals surface area contributed by atoms with Crippen molar-refractivity contribution >= 4 is 23.5 Å². The van der Waals surface area contributed by atoms with Crippen molar-refractivity contribution in [2.24, 2.45) is 0 Å². The Bertz CT molecular complexity index is 514. The van der Waals surface area contributed by atoms with Crippen LogP contribution in [0, 0.1) is 0 Å². The molecule has 0 fully saturated rings. The van der Waals surface area contributed by atoms with Crippen molar-refractivity contribution in [1.29, 1.82) is 0 Å². The summed E-state index contributed by atoms with van der Waals surface area (Å²) in [5, 5.41) is 1.15. The second-order valence-corrected chi connectivity index (χ2v) is 3.56. The van der Waals surface area contributed by atoms with Crippen LogP contribution in [0.5, 0.6) is 0 Å². The van der Waals surface area contributed by atoms with Gasteiger partial charge in [0.2, 0.25) is 0 Å². The summed E-state index contributed by atoms with van der Waals surface area (Å²) in [6.45, 7) is 4.61. The Hall–Kier alpha value is -2.03. The number of aromatic amines is 1. The molecule has 0 atom stereocenters. The lowest BCUT2D eigenvalue weighted by atomic mass is 10.1. The van der Waals surface area contributed by atoms with Crippen LogP contribution in [0.25, 0.3) is 17.0 Å². The molecule has 0 saturated carbocycles. The van der Waals surface area contributed by atoms with Crippen LogP contribution in [0.15, 0.2) is 30.8 Å². The Morgan fingerprint density at radius 3 is 3.00 bits per heavy atom. The highest BCUT2D eigenvalue weighted by molar-refractivity contribution is 5.82. The minimum atomic E-state index is 0.407. The second-order valence-electron chi connectivity index (χ2n) is 3.56. The molecule has 0 aliphatic carbocycles. The predicted octanol–water partition coefficient (Wildman–Crippen LogP) is 2.53. The number of hydrogen-bond donors (Lipinski definition) is 1. The summed E-state index contributed by atoms with van der Waals surface area (Å²) in [5.74, 6) is 0. The van der Waals surface area contributed by atoms with Crippen molar-refractivity contribution < 1.29 is 9.53 Å². The second kappa shape index (κ2) is 4.66. The van der Waals surface area contributed by atoms with Gasteiger partial charge in [-0.3, -0.25) is 4.79 Å². The number of benzene rings is 1. The van der Waals surface area contributed by atoms with Crippen LogP contribution in [-0.4, -0.2) is 18.1 Å². The third-order valence-electron chi connectivity index (χ3n) is 2.49. The first kappa shape index (κ1) is 10.5. The lowest BCUT2D eigenvalue weighted by molar-refractivity contribution is -0.128. The summed E-state index contributed by atoms with van der Waals surface area (Å²) in [7, 11) is 0. The minimum absolute atomic E-state index is 0.407. The third-order valence-corrected chi connectivity index (χ3v) is 2.49. The van der Waals surface area contributed by atoms with E-state index in [1.807, 2.05) is 18.2 Å². The van der Waals surface area contributed by atoms with Crippen molar-refractivity contribution in [3.05, 3.63) is 42.1 Å². The van der Waals surface area contributed by atoms with Gasteiger partial charge in [-0.1, -0.05) is 18.7 Å². The van der Waals surface area contributed by atoms with Crippen molar-refractivity contribution in [1.82, 2.24) is 4.98 Å². The molecule has 3 nitrogen and oxygen atoms in total. The number of ether oxygens (including phenoxy) is 1. The van der Waals surface area contributed by atoms with Crippen LogP contribution in [0.3, 0.4) is 0 Å². The average Bonchev–Trinajstić information content (AvgIpc) is 2.70. The van der Waals surface area contributed by atoms with E-state index in [2.05, 4.69) is 28.4 Å². The van der Waals surface area contributed by atoms with E-state index < -0.39 is 0 Å². The molecule has 0 bridgehead atoms. The van der Waals surface area contributed by atoms with E-state index in [9.17, 15) is 4.79 Å². The number of carbonyl (C=O) groups is 1. The maximum absolute atomic E-state index is 10.0. The van der Waals surface area contributed by atoms with Gasteiger partial charge in [-0.25, -0.2) is 0 Å².